The Morgan fingerprint density at radius 3 is 2.47 bits per heavy atom. The summed E-state index contributed by atoms with van der Waals surface area (Å²) in [6.45, 7) is 5.47. The normalized spacial score (nSPS) is 34.8. The third-order valence-corrected chi connectivity index (χ3v) is 7.92. The lowest BCUT2D eigenvalue weighted by atomic mass is 10.0. The molecule has 2 rings (SSSR count). The highest BCUT2D eigenvalue weighted by Gasteiger charge is 2.42. The highest BCUT2D eigenvalue weighted by molar-refractivity contribution is 7.72. The summed E-state index contributed by atoms with van der Waals surface area (Å²) < 4.78 is 18.6. The number of benzene rings is 1. The second kappa shape index (κ2) is 5.50. The largest absolute Gasteiger partial charge is 0.462 e. The molecule has 3 nitrogen and oxygen atoms in total. The average molecular weight is 280 g/mol. The van der Waals surface area contributed by atoms with Crippen LogP contribution in [0.3, 0.4) is 0 Å². The van der Waals surface area contributed by atoms with E-state index < -0.39 is 7.14 Å². The molecule has 0 bridgehead atoms. The summed E-state index contributed by atoms with van der Waals surface area (Å²) in [6, 6.07) is 9.72. The molecule has 104 valence electrons. The molecule has 4 heteroatoms. The number of hydrogen-bond donors (Lipinski definition) is 0. The van der Waals surface area contributed by atoms with Crippen LogP contribution in [0.4, 0.5) is 0 Å². The molecule has 0 aliphatic carbocycles. The molecule has 0 N–H and O–H groups in total. The van der Waals surface area contributed by atoms with Crippen LogP contribution in [0.2, 0.25) is 0 Å². The molecule has 0 unspecified atom stereocenters. The predicted molar refractivity (Wildman–Crippen MR) is 77.3 cm³/mol. The van der Waals surface area contributed by atoms with E-state index in [-0.39, 0.29) is 23.7 Å². The van der Waals surface area contributed by atoms with Crippen molar-refractivity contribution in [2.45, 2.75) is 39.0 Å². The van der Waals surface area contributed by atoms with E-state index in [0.29, 0.717) is 12.6 Å². The van der Waals surface area contributed by atoms with Crippen molar-refractivity contribution in [2.24, 2.45) is 5.92 Å². The Kier molecular flexibility index (Phi) is 4.15. The van der Waals surface area contributed by atoms with Crippen LogP contribution in [-0.2, 0) is 14.1 Å². The molecule has 1 aromatic carbocycles. The monoisotopic (exact) mass is 280 g/mol. The maximum Gasteiger partial charge on any atom is 0.302 e. The fourth-order valence-corrected chi connectivity index (χ4v) is 6.28. The number of ether oxygens (including phenoxy) is 1. The van der Waals surface area contributed by atoms with Crippen LogP contribution in [0, 0.1) is 5.92 Å². The van der Waals surface area contributed by atoms with Gasteiger partial charge in [-0.3, -0.25) is 4.79 Å². The van der Waals surface area contributed by atoms with Gasteiger partial charge >= 0.3 is 5.97 Å². The highest BCUT2D eigenvalue weighted by Crippen LogP contribution is 2.56. The molecule has 1 aliphatic rings. The molecular weight excluding hydrogens is 259 g/mol. The molecule has 1 aromatic rings. The van der Waals surface area contributed by atoms with E-state index >= 15 is 0 Å². The van der Waals surface area contributed by atoms with Gasteiger partial charge in [0.25, 0.3) is 0 Å². The third-order valence-electron chi connectivity index (χ3n) is 3.99. The minimum atomic E-state index is -2.39. The Balaban J connectivity index is 2.23. The van der Waals surface area contributed by atoms with Gasteiger partial charge in [0.2, 0.25) is 0 Å². The molecule has 0 aromatic heterocycles. The highest BCUT2D eigenvalue weighted by atomic mass is 31.2. The summed E-state index contributed by atoms with van der Waals surface area (Å²) in [5.41, 5.74) is 0.0652. The van der Waals surface area contributed by atoms with E-state index in [9.17, 15) is 9.36 Å². The summed E-state index contributed by atoms with van der Waals surface area (Å²) in [6.07, 6.45) is 1.21. The molecule has 1 saturated heterocycles. The maximum atomic E-state index is 13.3. The molecule has 0 spiro atoms. The average Bonchev–Trinajstić information content (AvgIpc) is 2.36. The van der Waals surface area contributed by atoms with Gasteiger partial charge in [-0.1, -0.05) is 44.2 Å². The number of carbonyl (C=O) groups excluding carboxylic acids is 1. The summed E-state index contributed by atoms with van der Waals surface area (Å²) in [5.74, 6) is -0.105. The van der Waals surface area contributed by atoms with Crippen molar-refractivity contribution in [2.75, 3.05) is 6.16 Å². The van der Waals surface area contributed by atoms with Gasteiger partial charge in [-0.2, -0.15) is 0 Å². The first-order valence-corrected chi connectivity index (χ1v) is 8.71. The smallest absolute Gasteiger partial charge is 0.302 e. The van der Waals surface area contributed by atoms with Gasteiger partial charge in [0.05, 0.1) is 0 Å². The van der Waals surface area contributed by atoms with Crippen molar-refractivity contribution in [1.82, 2.24) is 0 Å². The lowest BCUT2D eigenvalue weighted by Crippen LogP contribution is -2.38. The molecule has 1 fully saturated rings. The van der Waals surface area contributed by atoms with Crippen LogP contribution in [-0.4, -0.2) is 23.9 Å². The van der Waals surface area contributed by atoms with Crippen LogP contribution in [0.25, 0.3) is 0 Å². The molecule has 0 saturated carbocycles. The zero-order valence-corrected chi connectivity index (χ0v) is 12.6. The Labute approximate surface area is 114 Å². The van der Waals surface area contributed by atoms with Crippen LogP contribution < -0.4 is 5.30 Å². The van der Waals surface area contributed by atoms with Crippen molar-refractivity contribution in [3.63, 3.8) is 0 Å². The lowest BCUT2D eigenvalue weighted by molar-refractivity contribution is -0.149. The summed E-state index contributed by atoms with van der Waals surface area (Å²) in [7, 11) is -2.39. The van der Waals surface area contributed by atoms with Gasteiger partial charge in [-0.05, 0) is 6.42 Å². The molecule has 1 aliphatic heterocycles. The number of carbonyl (C=O) groups is 1. The van der Waals surface area contributed by atoms with Crippen molar-refractivity contribution in [1.29, 1.82) is 0 Å². The SMILES string of the molecule is CC(=O)O[C@H]1C[C@@H](C)[P@](=O)(c2ccccc2)C[C@@H]1C. The lowest BCUT2D eigenvalue weighted by Gasteiger charge is -2.38. The van der Waals surface area contributed by atoms with E-state index in [2.05, 4.69) is 0 Å². The van der Waals surface area contributed by atoms with E-state index in [1.165, 1.54) is 6.92 Å². The number of hydrogen-bond acceptors (Lipinski definition) is 3. The maximum absolute atomic E-state index is 13.3. The first-order valence-electron chi connectivity index (χ1n) is 6.75. The zero-order valence-electron chi connectivity index (χ0n) is 11.7. The third kappa shape index (κ3) is 2.92. The van der Waals surface area contributed by atoms with Crippen LogP contribution in [0.15, 0.2) is 30.3 Å². The second-order valence-corrected chi connectivity index (χ2v) is 8.88. The minimum Gasteiger partial charge on any atom is -0.462 e. The van der Waals surface area contributed by atoms with Gasteiger partial charge in [0, 0.05) is 30.0 Å². The quantitative estimate of drug-likeness (QED) is 0.618. The van der Waals surface area contributed by atoms with E-state index in [1.54, 1.807) is 0 Å². The second-order valence-electron chi connectivity index (χ2n) is 5.52. The molecule has 4 atom stereocenters. The van der Waals surface area contributed by atoms with Crippen molar-refractivity contribution >= 4 is 18.4 Å². The molecular formula is C15H21O3P. The summed E-state index contributed by atoms with van der Waals surface area (Å²) in [5, 5.41) is 0.954. The zero-order chi connectivity index (χ0) is 14.0. The number of esters is 1. The first-order chi connectivity index (χ1) is 8.93. The molecule has 1 heterocycles. The standard InChI is InChI=1S/C15H21O3P/c1-11-10-19(17,14-7-5-4-6-8-14)12(2)9-15(11)18-13(3)16/h4-8,11-12,15H,9-10H2,1-3H3/t11-,12+,15-,19-/m0/s1. The summed E-state index contributed by atoms with van der Waals surface area (Å²) >= 11 is 0. The minimum absolute atomic E-state index is 0.0652. The van der Waals surface area contributed by atoms with Crippen molar-refractivity contribution < 1.29 is 14.1 Å². The van der Waals surface area contributed by atoms with E-state index in [4.69, 9.17) is 4.74 Å². The van der Waals surface area contributed by atoms with Gasteiger partial charge in [0.1, 0.15) is 13.2 Å². The first kappa shape index (κ1) is 14.3. The van der Waals surface area contributed by atoms with E-state index in [0.717, 1.165) is 5.30 Å². The van der Waals surface area contributed by atoms with Gasteiger partial charge in [0.15, 0.2) is 0 Å². The molecule has 19 heavy (non-hydrogen) atoms. The Hall–Kier alpha value is -1.08. The van der Waals surface area contributed by atoms with Crippen LogP contribution in [0.5, 0.6) is 0 Å². The van der Waals surface area contributed by atoms with Gasteiger partial charge < -0.3 is 9.30 Å². The van der Waals surface area contributed by atoms with Crippen molar-refractivity contribution in [3.8, 4) is 0 Å². The van der Waals surface area contributed by atoms with Gasteiger partial charge in [-0.15, -0.1) is 0 Å². The number of rotatable bonds is 2. The Morgan fingerprint density at radius 2 is 1.89 bits per heavy atom. The predicted octanol–water partition coefficient (Wildman–Crippen LogP) is 3.04. The fourth-order valence-electron chi connectivity index (χ4n) is 2.88. The van der Waals surface area contributed by atoms with Gasteiger partial charge in [-0.25, -0.2) is 0 Å². The topological polar surface area (TPSA) is 43.4 Å². The van der Waals surface area contributed by atoms with Crippen LogP contribution >= 0.6 is 7.14 Å². The summed E-state index contributed by atoms with van der Waals surface area (Å²) in [4.78, 5) is 11.1. The Bertz CT molecular complexity index is 497. The van der Waals surface area contributed by atoms with Crippen LogP contribution in [0.1, 0.15) is 27.2 Å². The molecule has 0 amide bonds. The van der Waals surface area contributed by atoms with E-state index in [1.807, 2.05) is 44.2 Å². The fraction of sp³-hybridized carbons (Fsp3) is 0.533. The Morgan fingerprint density at radius 1 is 1.26 bits per heavy atom. The molecule has 0 radical (unpaired) electrons. The van der Waals surface area contributed by atoms with Crippen molar-refractivity contribution in [3.05, 3.63) is 30.3 Å².